The number of pyridine rings is 1. The Morgan fingerprint density at radius 3 is 2.76 bits per heavy atom. The van der Waals surface area contributed by atoms with Gasteiger partial charge in [0.2, 0.25) is 5.88 Å². The molecule has 1 saturated heterocycles. The molecule has 1 fully saturated rings. The largest absolute Gasteiger partial charge is 0.497 e. The van der Waals surface area contributed by atoms with Crippen LogP contribution in [-0.4, -0.2) is 36.6 Å². The summed E-state index contributed by atoms with van der Waals surface area (Å²) in [4.78, 5) is 13.0. The number of benzene rings is 1. The van der Waals surface area contributed by atoms with Crippen molar-refractivity contribution in [2.24, 2.45) is 10.2 Å². The van der Waals surface area contributed by atoms with Crippen LogP contribution in [0.4, 0.5) is 11.4 Å². The number of azo groups is 1. The van der Waals surface area contributed by atoms with Crippen LogP contribution in [0.2, 0.25) is 0 Å². The van der Waals surface area contributed by atoms with Crippen LogP contribution in [0.3, 0.4) is 0 Å². The molecule has 29 heavy (non-hydrogen) atoms. The SMILES string of the molecule is COc1ccc(N=Nc2c(C)c(C#N)c(O)n(CC3CCCO3)c2=O)c(OC)c1. The van der Waals surface area contributed by atoms with Gasteiger partial charge in [0.05, 0.1) is 26.9 Å². The molecule has 3 rings (SSSR count). The normalized spacial score (nSPS) is 16.1. The Hall–Kier alpha value is -3.38. The van der Waals surface area contributed by atoms with Gasteiger partial charge in [0.1, 0.15) is 28.8 Å². The van der Waals surface area contributed by atoms with E-state index in [1.165, 1.54) is 14.2 Å². The second-order valence-electron chi connectivity index (χ2n) is 6.57. The van der Waals surface area contributed by atoms with E-state index in [2.05, 4.69) is 10.2 Å². The van der Waals surface area contributed by atoms with Crippen molar-refractivity contribution in [3.63, 3.8) is 0 Å². The van der Waals surface area contributed by atoms with Crippen molar-refractivity contribution in [2.45, 2.75) is 32.4 Å². The third kappa shape index (κ3) is 4.07. The Kier molecular flexibility index (Phi) is 6.14. The predicted molar refractivity (Wildman–Crippen MR) is 105 cm³/mol. The highest BCUT2D eigenvalue weighted by atomic mass is 16.5. The first-order valence-electron chi connectivity index (χ1n) is 9.12. The number of aromatic hydroxyl groups is 1. The minimum absolute atomic E-state index is 0.0155. The minimum Gasteiger partial charge on any atom is -0.497 e. The number of ether oxygens (including phenoxy) is 3. The van der Waals surface area contributed by atoms with Crippen molar-refractivity contribution in [3.8, 4) is 23.4 Å². The van der Waals surface area contributed by atoms with Gasteiger partial charge in [0, 0.05) is 18.2 Å². The Morgan fingerprint density at radius 1 is 1.34 bits per heavy atom. The van der Waals surface area contributed by atoms with Gasteiger partial charge in [-0.3, -0.25) is 9.36 Å². The van der Waals surface area contributed by atoms with E-state index in [1.54, 1.807) is 25.1 Å². The van der Waals surface area contributed by atoms with Crippen LogP contribution >= 0.6 is 0 Å². The molecule has 1 aliphatic heterocycles. The molecule has 1 unspecified atom stereocenters. The zero-order valence-electron chi connectivity index (χ0n) is 16.5. The van der Waals surface area contributed by atoms with E-state index < -0.39 is 5.56 Å². The second-order valence-corrected chi connectivity index (χ2v) is 6.57. The Morgan fingerprint density at radius 2 is 2.14 bits per heavy atom. The number of rotatable bonds is 6. The summed E-state index contributed by atoms with van der Waals surface area (Å²) >= 11 is 0. The van der Waals surface area contributed by atoms with Crippen LogP contribution in [0.25, 0.3) is 0 Å². The Labute approximate surface area is 167 Å². The van der Waals surface area contributed by atoms with Crippen LogP contribution in [-0.2, 0) is 11.3 Å². The van der Waals surface area contributed by atoms with Crippen molar-refractivity contribution in [2.75, 3.05) is 20.8 Å². The van der Waals surface area contributed by atoms with Gasteiger partial charge >= 0.3 is 0 Å². The van der Waals surface area contributed by atoms with E-state index in [-0.39, 0.29) is 35.3 Å². The lowest BCUT2D eigenvalue weighted by Gasteiger charge is -2.16. The summed E-state index contributed by atoms with van der Waals surface area (Å²) in [6.45, 7) is 2.31. The van der Waals surface area contributed by atoms with Gasteiger partial charge in [-0.2, -0.15) is 5.26 Å². The van der Waals surface area contributed by atoms with Gasteiger partial charge in [-0.1, -0.05) is 0 Å². The average Bonchev–Trinajstić information content (AvgIpc) is 3.24. The lowest BCUT2D eigenvalue weighted by molar-refractivity contribution is 0.0939. The third-order valence-corrected chi connectivity index (χ3v) is 4.82. The molecule has 1 atom stereocenters. The summed E-state index contributed by atoms with van der Waals surface area (Å²) < 4.78 is 17.1. The lowest BCUT2D eigenvalue weighted by atomic mass is 10.1. The molecule has 0 amide bonds. The summed E-state index contributed by atoms with van der Waals surface area (Å²) in [5, 5.41) is 28.1. The fraction of sp³-hybridized carbons (Fsp3) is 0.400. The van der Waals surface area contributed by atoms with Crippen molar-refractivity contribution >= 4 is 11.4 Å². The molecule has 2 heterocycles. The van der Waals surface area contributed by atoms with Gasteiger partial charge in [0.25, 0.3) is 5.56 Å². The molecule has 1 aliphatic rings. The summed E-state index contributed by atoms with van der Waals surface area (Å²) in [5.41, 5.74) is 0.0818. The number of hydrogen-bond acceptors (Lipinski definition) is 8. The first-order valence-corrected chi connectivity index (χ1v) is 9.12. The van der Waals surface area contributed by atoms with Crippen LogP contribution in [0.5, 0.6) is 17.4 Å². The van der Waals surface area contributed by atoms with Gasteiger partial charge in [-0.05, 0) is 31.9 Å². The molecule has 1 N–H and O–H groups in total. The summed E-state index contributed by atoms with van der Waals surface area (Å²) in [5.74, 6) is 0.628. The van der Waals surface area contributed by atoms with Gasteiger partial charge in [-0.25, -0.2) is 0 Å². The number of nitrogens with zero attached hydrogens (tertiary/aromatic N) is 4. The zero-order valence-corrected chi connectivity index (χ0v) is 16.5. The molecule has 9 heteroatoms. The van der Waals surface area contributed by atoms with Gasteiger partial charge in [0.15, 0.2) is 5.69 Å². The molecule has 0 bridgehead atoms. The standard InChI is InChI=1S/C20H22N4O5/c1-12-15(10-21)19(25)24(11-14-5-4-8-29-14)20(26)18(12)23-22-16-7-6-13(27-2)9-17(16)28-3/h6-7,9,14,25H,4-5,8,11H2,1-3H3. The molecule has 2 aromatic rings. The molecule has 1 aromatic heterocycles. The maximum atomic E-state index is 13.0. The highest BCUT2D eigenvalue weighted by molar-refractivity contribution is 5.58. The Bertz CT molecular complexity index is 1030. The summed E-state index contributed by atoms with van der Waals surface area (Å²) in [6.07, 6.45) is 1.47. The fourth-order valence-corrected chi connectivity index (χ4v) is 3.19. The highest BCUT2D eigenvalue weighted by Crippen LogP contribution is 2.33. The topological polar surface area (TPSA) is 118 Å². The van der Waals surface area contributed by atoms with E-state index in [1.807, 2.05) is 6.07 Å². The average molecular weight is 398 g/mol. The van der Waals surface area contributed by atoms with Gasteiger partial charge < -0.3 is 19.3 Å². The third-order valence-electron chi connectivity index (χ3n) is 4.82. The molecular weight excluding hydrogens is 376 g/mol. The molecule has 0 radical (unpaired) electrons. The van der Waals surface area contributed by atoms with Crippen LogP contribution < -0.4 is 15.0 Å². The molecule has 9 nitrogen and oxygen atoms in total. The minimum atomic E-state index is -0.536. The zero-order chi connectivity index (χ0) is 21.0. The molecule has 0 saturated carbocycles. The maximum Gasteiger partial charge on any atom is 0.281 e. The maximum absolute atomic E-state index is 13.0. The summed E-state index contributed by atoms with van der Waals surface area (Å²) in [7, 11) is 3.03. The predicted octanol–water partition coefficient (Wildman–Crippen LogP) is 3.35. The monoisotopic (exact) mass is 398 g/mol. The van der Waals surface area contributed by atoms with Crippen LogP contribution in [0.1, 0.15) is 24.0 Å². The van der Waals surface area contributed by atoms with E-state index in [0.717, 1.165) is 17.4 Å². The van der Waals surface area contributed by atoms with E-state index >= 15 is 0 Å². The van der Waals surface area contributed by atoms with E-state index in [0.29, 0.717) is 23.8 Å². The first-order chi connectivity index (χ1) is 14.0. The van der Waals surface area contributed by atoms with Crippen molar-refractivity contribution in [1.82, 2.24) is 4.57 Å². The fourth-order valence-electron chi connectivity index (χ4n) is 3.19. The van der Waals surface area contributed by atoms with Crippen LogP contribution in [0, 0.1) is 18.3 Å². The quantitative estimate of drug-likeness (QED) is 0.746. The first kappa shape index (κ1) is 20.4. The lowest BCUT2D eigenvalue weighted by Crippen LogP contribution is -2.27. The number of aromatic nitrogens is 1. The van der Waals surface area contributed by atoms with Gasteiger partial charge in [-0.15, -0.1) is 10.2 Å². The van der Waals surface area contributed by atoms with Crippen molar-refractivity contribution in [3.05, 3.63) is 39.7 Å². The molecule has 152 valence electrons. The van der Waals surface area contributed by atoms with Crippen LogP contribution in [0.15, 0.2) is 33.2 Å². The molecule has 1 aromatic carbocycles. The van der Waals surface area contributed by atoms with E-state index in [4.69, 9.17) is 14.2 Å². The van der Waals surface area contributed by atoms with Crippen molar-refractivity contribution < 1.29 is 19.3 Å². The van der Waals surface area contributed by atoms with Crippen molar-refractivity contribution in [1.29, 1.82) is 5.26 Å². The second kappa shape index (κ2) is 8.75. The summed E-state index contributed by atoms with van der Waals surface area (Å²) in [6, 6.07) is 6.92. The molecular formula is C20H22N4O5. The Balaban J connectivity index is 2.06. The highest BCUT2D eigenvalue weighted by Gasteiger charge is 2.23. The smallest absolute Gasteiger partial charge is 0.281 e. The number of nitriles is 1. The number of methoxy groups -OCH3 is 2. The van der Waals surface area contributed by atoms with E-state index in [9.17, 15) is 15.2 Å². The number of hydrogen-bond donors (Lipinski definition) is 1. The molecule has 0 spiro atoms. The molecule has 0 aliphatic carbocycles.